The molecule has 0 spiro atoms. The van der Waals surface area contributed by atoms with E-state index in [1.807, 2.05) is 0 Å². The molecule has 1 unspecified atom stereocenters. The van der Waals surface area contributed by atoms with Crippen LogP contribution >= 0.6 is 55.7 Å². The van der Waals surface area contributed by atoms with Gasteiger partial charge in [-0.25, -0.2) is 0 Å². The third-order valence-electron chi connectivity index (χ3n) is 0.335. The van der Waals surface area contributed by atoms with Crippen molar-refractivity contribution in [1.29, 1.82) is 0 Å². The van der Waals surface area contributed by atoms with Gasteiger partial charge in [0, 0.05) is 16.0 Å². The molecule has 0 amide bonds. The molecule has 0 saturated heterocycles. The highest BCUT2D eigenvalue weighted by molar-refractivity contribution is 9.12. The Balaban J connectivity index is 0. The highest BCUT2D eigenvalue weighted by Gasteiger charge is 1.94. The van der Waals surface area contributed by atoms with Crippen molar-refractivity contribution in [3.63, 3.8) is 0 Å². The third kappa shape index (κ3) is 23.1. The lowest BCUT2D eigenvalue weighted by Gasteiger charge is -1.93. The third-order valence-corrected chi connectivity index (χ3v) is 3.38. The van der Waals surface area contributed by atoms with Gasteiger partial charge in [-0.05, 0) is 12.2 Å². The molecule has 0 aliphatic rings. The van der Waals surface area contributed by atoms with Gasteiger partial charge < -0.3 is 11.5 Å². The van der Waals surface area contributed by atoms with Crippen LogP contribution in [0.2, 0.25) is 0 Å². The molecule has 4 N–H and O–H groups in total. The van der Waals surface area contributed by atoms with Crippen molar-refractivity contribution in [2.45, 2.75) is 4.83 Å². The summed E-state index contributed by atoms with van der Waals surface area (Å²) in [5.41, 5.74) is 9.24. The van der Waals surface area contributed by atoms with E-state index < -0.39 is 0 Å². The Bertz CT molecular complexity index is 85.3. The molecule has 1 atom stereocenters. The van der Waals surface area contributed by atoms with E-state index in [1.54, 1.807) is 0 Å². The molecule has 0 aromatic carbocycles. The minimum atomic E-state index is 0.000000000000000222. The summed E-state index contributed by atoms with van der Waals surface area (Å²) < 4.78 is 0. The zero-order chi connectivity index (χ0) is 8.57. The fourth-order valence-corrected chi connectivity index (χ4v) is 0.643. The molecule has 2 nitrogen and oxygen atoms in total. The minimum Gasteiger partial charge on any atom is -0.377 e. The van der Waals surface area contributed by atoms with Crippen LogP contribution in [0.5, 0.6) is 0 Å². The highest BCUT2D eigenvalue weighted by atomic mass is 79.9. The Morgan fingerprint density at radius 1 is 1.60 bits per heavy atom. The van der Waals surface area contributed by atoms with E-state index in [-0.39, 0.29) is 5.11 Å². The van der Waals surface area contributed by atoms with E-state index in [0.29, 0.717) is 10.7 Å². The van der Waals surface area contributed by atoms with Crippen molar-refractivity contribution < 1.29 is 0 Å². The molecule has 0 aliphatic carbocycles. The number of nitrogens with two attached hydrogens (primary N) is 2. The van der Waals surface area contributed by atoms with Crippen LogP contribution in [0.3, 0.4) is 0 Å². The van der Waals surface area contributed by atoms with E-state index in [0.717, 1.165) is 5.33 Å². The summed E-state index contributed by atoms with van der Waals surface area (Å²) in [5, 5.41) is 0.927. The van der Waals surface area contributed by atoms with Gasteiger partial charge >= 0.3 is 0 Å². The normalized spacial score (nSPS) is 11.1. The summed E-state index contributed by atoms with van der Waals surface area (Å²) in [6.45, 7) is 0. The molecule has 0 aromatic heterocycles. The second kappa shape index (κ2) is 9.94. The molecule has 62 valence electrons. The van der Waals surface area contributed by atoms with E-state index >= 15 is 0 Å². The van der Waals surface area contributed by atoms with E-state index in [1.165, 1.54) is 0 Å². The summed E-state index contributed by atoms with van der Waals surface area (Å²) in [4.78, 5) is 0.430. The fourth-order valence-electron chi connectivity index (χ4n) is 0.0412. The number of alkyl halides is 3. The molecule has 0 aromatic rings. The molecule has 0 saturated carbocycles. The van der Waals surface area contributed by atoms with Gasteiger partial charge in [0.2, 0.25) is 0 Å². The van der Waals surface area contributed by atoms with Gasteiger partial charge in [0.25, 0.3) is 0 Å². The zero-order valence-corrected chi connectivity index (χ0v) is 9.93. The number of hydrogen-bond donors (Lipinski definition) is 2. The van der Waals surface area contributed by atoms with Crippen molar-refractivity contribution >= 4 is 60.8 Å². The second-order valence-electron chi connectivity index (χ2n) is 1.31. The Hall–Kier alpha value is 0.940. The number of halogens is 3. The van der Waals surface area contributed by atoms with Gasteiger partial charge in [0.05, 0.1) is 0 Å². The smallest absolute Gasteiger partial charge is 0.160 e. The van der Waals surface area contributed by atoms with Crippen molar-refractivity contribution in [2.75, 3.05) is 11.2 Å². The first-order valence-corrected chi connectivity index (χ1v) is 5.33. The molecule has 0 radical (unpaired) electrons. The molecular formula is C4H9Br2ClN2S. The molecule has 0 aliphatic heterocycles. The summed E-state index contributed by atoms with van der Waals surface area (Å²) in [6, 6.07) is 0. The summed E-state index contributed by atoms with van der Waals surface area (Å²) >= 11 is 16.0. The van der Waals surface area contributed by atoms with Crippen molar-refractivity contribution in [3.05, 3.63) is 0 Å². The lowest BCUT2D eigenvalue weighted by molar-refractivity contribution is 1.18. The van der Waals surface area contributed by atoms with Gasteiger partial charge in [0.1, 0.15) is 0 Å². The number of hydrogen-bond acceptors (Lipinski definition) is 1. The molecule has 0 bridgehead atoms. The Labute approximate surface area is 87.9 Å². The van der Waals surface area contributed by atoms with Crippen LogP contribution in [0.4, 0.5) is 0 Å². The average molecular weight is 312 g/mol. The van der Waals surface area contributed by atoms with Crippen LogP contribution in [0, 0.1) is 0 Å². The Morgan fingerprint density at radius 3 is 1.90 bits per heavy atom. The molecule has 0 heterocycles. The maximum atomic E-state index is 5.38. The maximum Gasteiger partial charge on any atom is 0.160 e. The lowest BCUT2D eigenvalue weighted by atomic mass is 10.6. The van der Waals surface area contributed by atoms with Crippen LogP contribution in [0.1, 0.15) is 0 Å². The van der Waals surface area contributed by atoms with Gasteiger partial charge in [0.15, 0.2) is 5.11 Å². The van der Waals surface area contributed by atoms with Crippen LogP contribution < -0.4 is 11.5 Å². The van der Waals surface area contributed by atoms with Crippen molar-refractivity contribution in [1.82, 2.24) is 0 Å². The first-order valence-electron chi connectivity index (χ1n) is 2.35. The van der Waals surface area contributed by atoms with Crippen LogP contribution in [-0.2, 0) is 0 Å². The van der Waals surface area contributed by atoms with Crippen LogP contribution in [0.25, 0.3) is 0 Å². The van der Waals surface area contributed by atoms with Gasteiger partial charge in [-0.3, -0.25) is 0 Å². The topological polar surface area (TPSA) is 52.0 Å². The average Bonchev–Trinajstić information content (AvgIpc) is 1.85. The summed E-state index contributed by atoms with van der Waals surface area (Å²) in [7, 11) is 0. The second-order valence-corrected chi connectivity index (χ2v) is 4.03. The molecule has 0 rings (SSSR count). The molecule has 0 fully saturated rings. The molecule has 10 heavy (non-hydrogen) atoms. The van der Waals surface area contributed by atoms with E-state index in [2.05, 4.69) is 55.5 Å². The van der Waals surface area contributed by atoms with Gasteiger partial charge in [-0.1, -0.05) is 31.9 Å². The minimum absolute atomic E-state index is 0.000000000000000222. The summed E-state index contributed by atoms with van der Waals surface area (Å²) in [5.74, 6) is 0.672. The first-order chi connectivity index (χ1) is 4.54. The zero-order valence-electron chi connectivity index (χ0n) is 5.19. The quantitative estimate of drug-likeness (QED) is 0.601. The molecule has 6 heteroatoms. The molecular weight excluding hydrogens is 303 g/mol. The van der Waals surface area contributed by atoms with Gasteiger partial charge in [-0.2, -0.15) is 0 Å². The number of rotatable bonds is 2. The van der Waals surface area contributed by atoms with E-state index in [9.17, 15) is 0 Å². The lowest BCUT2D eigenvalue weighted by Crippen LogP contribution is -2.18. The van der Waals surface area contributed by atoms with Crippen molar-refractivity contribution in [3.8, 4) is 0 Å². The highest BCUT2D eigenvalue weighted by Crippen LogP contribution is 2.03. The SMILES string of the molecule is ClCC(Br)CBr.NC(N)=S. The monoisotopic (exact) mass is 310 g/mol. The maximum absolute atomic E-state index is 5.38. The predicted molar refractivity (Wildman–Crippen MR) is 58.2 cm³/mol. The Morgan fingerprint density at radius 2 is 1.90 bits per heavy atom. The van der Waals surface area contributed by atoms with Gasteiger partial charge in [-0.15, -0.1) is 11.6 Å². The van der Waals surface area contributed by atoms with Crippen LogP contribution in [-0.4, -0.2) is 21.1 Å². The first kappa shape index (κ1) is 13.5. The van der Waals surface area contributed by atoms with Crippen LogP contribution in [0.15, 0.2) is 0 Å². The van der Waals surface area contributed by atoms with Crippen molar-refractivity contribution in [2.24, 2.45) is 11.5 Å². The van der Waals surface area contributed by atoms with E-state index in [4.69, 9.17) is 11.6 Å². The standard InChI is InChI=1S/C3H5Br2Cl.CH4N2S/c4-1-3(5)2-6;2-1(3)4/h3H,1-2H2;(H4,2,3,4). The number of thiocarbonyl (C=S) groups is 1. The summed E-state index contributed by atoms with van der Waals surface area (Å²) in [6.07, 6.45) is 0. The predicted octanol–water partition coefficient (Wildman–Crippen LogP) is 1.57. The fraction of sp³-hybridized carbons (Fsp3) is 0.750. The largest absolute Gasteiger partial charge is 0.377 e. The Kier molecular flexibility index (Phi) is 13.4.